The van der Waals surface area contributed by atoms with Crippen molar-refractivity contribution in [1.29, 1.82) is 0 Å². The summed E-state index contributed by atoms with van der Waals surface area (Å²) in [5, 5.41) is 11.5. The molecule has 0 bridgehead atoms. The van der Waals surface area contributed by atoms with Crippen molar-refractivity contribution in [3.63, 3.8) is 0 Å². The molecular weight excluding hydrogens is 347 g/mol. The fourth-order valence-corrected chi connectivity index (χ4v) is 2.33. The average molecular weight is 350 g/mol. The van der Waals surface area contributed by atoms with E-state index >= 15 is 0 Å². The molecule has 2 rings (SSSR count). The Morgan fingerprint density at radius 3 is 2.69 bits per heavy atom. The molecule has 82 valence electrons. The summed E-state index contributed by atoms with van der Waals surface area (Å²) in [6.07, 6.45) is 1.43. The third-order valence-electron chi connectivity index (χ3n) is 2.03. The van der Waals surface area contributed by atoms with Gasteiger partial charge in [0.05, 0.1) is 20.8 Å². The van der Waals surface area contributed by atoms with Gasteiger partial charge in [0, 0.05) is 11.6 Å². The number of hydrogen-bond donors (Lipinski definition) is 0. The summed E-state index contributed by atoms with van der Waals surface area (Å²) < 4.78 is 14.0. The van der Waals surface area contributed by atoms with E-state index in [0.717, 1.165) is 6.07 Å². The van der Waals surface area contributed by atoms with Gasteiger partial charge in [-0.25, -0.2) is 9.37 Å². The van der Waals surface area contributed by atoms with Crippen molar-refractivity contribution in [2.24, 2.45) is 0 Å². The second-order valence-electron chi connectivity index (χ2n) is 3.00. The van der Waals surface area contributed by atoms with Crippen LogP contribution in [0.5, 0.6) is 0 Å². The molecule has 0 N–H and O–H groups in total. The van der Waals surface area contributed by atoms with Crippen LogP contribution in [-0.4, -0.2) is 9.91 Å². The van der Waals surface area contributed by atoms with E-state index in [1.807, 2.05) is 0 Å². The zero-order valence-electron chi connectivity index (χ0n) is 7.58. The highest BCUT2D eigenvalue weighted by Crippen LogP contribution is 2.35. The number of benzene rings is 1. The van der Waals surface area contributed by atoms with Gasteiger partial charge in [-0.15, -0.1) is 0 Å². The molecule has 7 heteroatoms. The Balaban J connectivity index is 3.00. The van der Waals surface area contributed by atoms with Crippen LogP contribution in [-0.2, 0) is 0 Å². The first-order chi connectivity index (χ1) is 7.50. The predicted molar refractivity (Wildman–Crippen MR) is 63.8 cm³/mol. The SMILES string of the molecule is O=[N+]([O-])c1cc(F)cc2c(Br)ncc(Br)c12. The molecule has 0 unspecified atom stereocenters. The molecule has 0 amide bonds. The first-order valence-electron chi connectivity index (χ1n) is 4.08. The molecule has 1 aromatic heterocycles. The van der Waals surface area contributed by atoms with Crippen molar-refractivity contribution in [3.8, 4) is 0 Å². The second kappa shape index (κ2) is 4.06. The molecule has 0 aliphatic heterocycles. The van der Waals surface area contributed by atoms with Crippen LogP contribution in [0.1, 0.15) is 0 Å². The Morgan fingerprint density at radius 1 is 1.38 bits per heavy atom. The zero-order valence-corrected chi connectivity index (χ0v) is 10.7. The second-order valence-corrected chi connectivity index (χ2v) is 4.61. The van der Waals surface area contributed by atoms with Gasteiger partial charge in [-0.2, -0.15) is 0 Å². The van der Waals surface area contributed by atoms with Crippen LogP contribution in [0.25, 0.3) is 10.8 Å². The van der Waals surface area contributed by atoms with Crippen molar-refractivity contribution in [2.75, 3.05) is 0 Å². The summed E-state index contributed by atoms with van der Waals surface area (Å²) >= 11 is 6.29. The van der Waals surface area contributed by atoms with Gasteiger partial charge < -0.3 is 0 Å². The highest BCUT2D eigenvalue weighted by atomic mass is 79.9. The Morgan fingerprint density at radius 2 is 2.06 bits per heavy atom. The third kappa shape index (κ3) is 1.80. The van der Waals surface area contributed by atoms with Gasteiger partial charge >= 0.3 is 0 Å². The Labute approximate surface area is 106 Å². The van der Waals surface area contributed by atoms with Crippen molar-refractivity contribution in [3.05, 3.63) is 43.3 Å². The molecule has 0 aliphatic carbocycles. The van der Waals surface area contributed by atoms with Gasteiger partial charge in [0.1, 0.15) is 10.4 Å². The highest BCUT2D eigenvalue weighted by Gasteiger charge is 2.18. The largest absolute Gasteiger partial charge is 0.281 e. The molecule has 0 atom stereocenters. The minimum atomic E-state index is -0.667. The van der Waals surface area contributed by atoms with Gasteiger partial charge in [-0.1, -0.05) is 0 Å². The standard InChI is InChI=1S/C9H3Br2FN2O2/c10-6-3-13-9(11)5-1-4(12)2-7(8(5)6)14(15)16/h1-3H. The lowest BCUT2D eigenvalue weighted by atomic mass is 10.1. The quantitative estimate of drug-likeness (QED) is 0.447. The normalized spacial score (nSPS) is 10.7. The van der Waals surface area contributed by atoms with E-state index in [1.54, 1.807) is 0 Å². The molecule has 0 aliphatic rings. The molecule has 0 spiro atoms. The number of nitro groups is 1. The molecule has 0 fully saturated rings. The number of nitrogens with zero attached hydrogens (tertiary/aromatic N) is 2. The fraction of sp³-hybridized carbons (Fsp3) is 0. The number of rotatable bonds is 1. The summed E-state index contributed by atoms with van der Waals surface area (Å²) in [5.74, 6) is -0.667. The predicted octanol–water partition coefficient (Wildman–Crippen LogP) is 3.81. The first-order valence-corrected chi connectivity index (χ1v) is 5.67. The van der Waals surface area contributed by atoms with Crippen LogP contribution in [0.3, 0.4) is 0 Å². The number of hydrogen-bond acceptors (Lipinski definition) is 3. The summed E-state index contributed by atoms with van der Waals surface area (Å²) in [7, 11) is 0. The van der Waals surface area contributed by atoms with Crippen molar-refractivity contribution in [1.82, 2.24) is 4.98 Å². The summed E-state index contributed by atoms with van der Waals surface area (Å²) in [5.41, 5.74) is -0.287. The first kappa shape index (κ1) is 11.4. The zero-order chi connectivity index (χ0) is 11.9. The monoisotopic (exact) mass is 348 g/mol. The van der Waals surface area contributed by atoms with Gasteiger partial charge in [0.15, 0.2) is 0 Å². The molecule has 16 heavy (non-hydrogen) atoms. The van der Waals surface area contributed by atoms with Crippen LogP contribution in [0.15, 0.2) is 27.4 Å². The Hall–Kier alpha value is -1.08. The lowest BCUT2D eigenvalue weighted by molar-refractivity contribution is -0.383. The molecule has 1 aromatic carbocycles. The van der Waals surface area contributed by atoms with Crippen LogP contribution in [0.2, 0.25) is 0 Å². The van der Waals surface area contributed by atoms with Gasteiger partial charge in [-0.05, 0) is 37.9 Å². The molecule has 0 radical (unpaired) electrons. The van der Waals surface area contributed by atoms with Crippen LogP contribution >= 0.6 is 31.9 Å². The van der Waals surface area contributed by atoms with Gasteiger partial charge in [-0.3, -0.25) is 10.1 Å². The van der Waals surface area contributed by atoms with E-state index in [1.165, 1.54) is 12.3 Å². The van der Waals surface area contributed by atoms with Crippen LogP contribution < -0.4 is 0 Å². The lowest BCUT2D eigenvalue weighted by Crippen LogP contribution is -1.93. The van der Waals surface area contributed by atoms with Gasteiger partial charge in [0.25, 0.3) is 5.69 Å². The minimum absolute atomic E-state index is 0.287. The van der Waals surface area contributed by atoms with E-state index < -0.39 is 10.7 Å². The number of aromatic nitrogens is 1. The molecule has 0 saturated carbocycles. The summed E-state index contributed by atoms with van der Waals surface area (Å²) in [4.78, 5) is 14.1. The maximum absolute atomic E-state index is 13.2. The van der Waals surface area contributed by atoms with Crippen LogP contribution in [0, 0.1) is 15.9 Å². The molecule has 4 nitrogen and oxygen atoms in total. The van der Waals surface area contributed by atoms with Crippen molar-refractivity contribution in [2.45, 2.75) is 0 Å². The van der Waals surface area contributed by atoms with E-state index in [0.29, 0.717) is 19.8 Å². The van der Waals surface area contributed by atoms with Crippen molar-refractivity contribution >= 4 is 48.3 Å². The maximum Gasteiger partial charge on any atom is 0.281 e. The molecule has 2 aromatic rings. The molecule has 1 heterocycles. The summed E-state index contributed by atoms with van der Waals surface area (Å²) in [6.45, 7) is 0. The fourth-order valence-electron chi connectivity index (χ4n) is 1.40. The Bertz CT molecular complexity index is 604. The number of non-ortho nitro benzene ring substituents is 1. The van der Waals surface area contributed by atoms with Gasteiger partial charge in [0.2, 0.25) is 0 Å². The average Bonchev–Trinajstić information content (AvgIpc) is 2.22. The van der Waals surface area contributed by atoms with E-state index in [2.05, 4.69) is 36.8 Å². The highest BCUT2D eigenvalue weighted by molar-refractivity contribution is 9.11. The third-order valence-corrected chi connectivity index (χ3v) is 3.26. The van der Waals surface area contributed by atoms with Crippen LogP contribution in [0.4, 0.5) is 10.1 Å². The van der Waals surface area contributed by atoms with E-state index in [9.17, 15) is 14.5 Å². The number of pyridine rings is 1. The molecular formula is C9H3Br2FN2O2. The molecule has 0 saturated heterocycles. The number of halogens is 3. The summed E-state index contributed by atoms with van der Waals surface area (Å²) in [6, 6.07) is 2.09. The lowest BCUT2D eigenvalue weighted by Gasteiger charge is -2.03. The van der Waals surface area contributed by atoms with E-state index in [-0.39, 0.29) is 5.69 Å². The smallest absolute Gasteiger partial charge is 0.258 e. The number of nitro benzene ring substituents is 1. The minimum Gasteiger partial charge on any atom is -0.258 e. The Kier molecular flexibility index (Phi) is 2.90. The number of fused-ring (bicyclic) bond motifs is 1. The topological polar surface area (TPSA) is 56.0 Å². The van der Waals surface area contributed by atoms with E-state index in [4.69, 9.17) is 0 Å². The van der Waals surface area contributed by atoms with Crippen molar-refractivity contribution < 1.29 is 9.31 Å². The maximum atomic E-state index is 13.2.